The van der Waals surface area contributed by atoms with Crippen molar-refractivity contribution in [2.75, 3.05) is 64.4 Å². The Morgan fingerprint density at radius 3 is 2.20 bits per heavy atom. The number of fused-ring (bicyclic) bond motifs is 4. The SMILES string of the molecule is COc1ccc2c(OS(=O)(=O)Oc3cc(C(=O)N(C)CC(C)(C)COCC(C)(C)CN=[N+]=[N-])ccc3O[C@@H]3O[C@H](CO)[C@@H](O)[C@H](O)[C@H]3O)cc3c(c2c1)[C@H](CCl)CN3C(=O)c1cc2cc(/C(C)=N/O[C@@H]3O[C@H](C(=O)O)[C@@H](O)[C@H](O)[C@H]3O)ccc2[nH]1. The van der Waals surface area contributed by atoms with Crippen molar-refractivity contribution < 1.29 is 101 Å². The number of ether oxygens (including phenoxy) is 5. The molecule has 2 amide bonds. The second-order valence-corrected chi connectivity index (χ2v) is 23.9. The van der Waals surface area contributed by atoms with E-state index in [0.29, 0.717) is 33.2 Å². The molecule has 4 aromatic carbocycles. The second kappa shape index (κ2) is 25.9. The highest BCUT2D eigenvalue weighted by atomic mass is 35.5. The number of hydrogen-bond acceptors (Lipinski definition) is 22. The van der Waals surface area contributed by atoms with E-state index in [1.165, 1.54) is 49.1 Å². The third kappa shape index (κ3) is 14.1. The minimum atomic E-state index is -5.34. The number of carbonyl (C=O) groups is 3. The molecule has 0 radical (unpaired) electrons. The molecule has 28 nitrogen and oxygen atoms in total. The number of amides is 2. The van der Waals surface area contributed by atoms with Gasteiger partial charge in [-0.05, 0) is 89.0 Å². The Labute approximate surface area is 491 Å². The molecule has 2 fully saturated rings. The standard InChI is InChI=1S/C55H66ClN7O21S/c1-26(60-82-53-47(70)44(67)45(68)48(81-53)51(73)74)27-8-12-34-29(14-27)15-35(59-34)50(72)63-20-30(19-56)41-33-17-31(77-7)10-11-32(33)38(18-36(41)63)83-85(75,76)84-39-16-28(9-13-37(39)79-52-46(69)43(66)42(65)40(21-64)80-52)49(71)62(6)23-55(4,5)25-78-24-54(2,3)22-58-61-57/h8-18,30,40,42-48,52-53,59,64-70H,19-25H2,1-7H3,(H,73,74)/b60-26+/t30-,40-,42-,43+,44+,45+,46-,47-,48+,52-,53+/m1/s1. The van der Waals surface area contributed by atoms with Gasteiger partial charge in [-0.15, -0.1) is 20.0 Å². The number of H-pyrrole nitrogens is 1. The van der Waals surface area contributed by atoms with Gasteiger partial charge in [0, 0.05) is 76.7 Å². The molecule has 2 saturated heterocycles. The summed E-state index contributed by atoms with van der Waals surface area (Å²) in [6, 6.07) is 16.0. The number of carboxylic acid groups (broad SMARTS) is 1. The van der Waals surface area contributed by atoms with Crippen LogP contribution in [-0.4, -0.2) is 204 Å². The van der Waals surface area contributed by atoms with Crippen LogP contribution in [-0.2, 0) is 34.2 Å². The number of alkyl halides is 1. The van der Waals surface area contributed by atoms with Crippen molar-refractivity contribution in [1.82, 2.24) is 9.88 Å². The van der Waals surface area contributed by atoms with E-state index in [1.807, 2.05) is 27.7 Å². The summed E-state index contributed by atoms with van der Waals surface area (Å²) in [6.07, 6.45) is -18.2. The van der Waals surface area contributed by atoms with Gasteiger partial charge >= 0.3 is 16.4 Å². The number of aliphatic hydroxyl groups excluding tert-OH is 7. The number of azide groups is 1. The van der Waals surface area contributed by atoms with Gasteiger partial charge in [0.05, 0.1) is 38.3 Å². The van der Waals surface area contributed by atoms with Crippen LogP contribution in [0, 0.1) is 10.8 Å². The summed E-state index contributed by atoms with van der Waals surface area (Å²) in [4.78, 5) is 54.5. The fourth-order valence-corrected chi connectivity index (χ4v) is 11.1. The predicted octanol–water partition coefficient (Wildman–Crippen LogP) is 3.28. The number of hydrogen-bond donors (Lipinski definition) is 9. The quantitative estimate of drug-likeness (QED) is 0.0113. The number of carbonyl (C=O) groups excluding carboxylic acids is 2. The lowest BCUT2D eigenvalue weighted by Gasteiger charge is -2.39. The summed E-state index contributed by atoms with van der Waals surface area (Å²) in [5.74, 6) is -4.43. The summed E-state index contributed by atoms with van der Waals surface area (Å²) < 4.78 is 68.5. The molecule has 0 unspecified atom stereocenters. The van der Waals surface area contributed by atoms with E-state index in [4.69, 9.17) is 54.0 Å². The van der Waals surface area contributed by atoms with Crippen LogP contribution in [0.2, 0.25) is 0 Å². The zero-order valence-electron chi connectivity index (χ0n) is 47.0. The molecule has 3 aliphatic heterocycles. The Bertz CT molecular complexity index is 3500. The lowest BCUT2D eigenvalue weighted by molar-refractivity contribution is -0.294. The Morgan fingerprint density at radius 2 is 1.52 bits per heavy atom. The fourth-order valence-electron chi connectivity index (χ4n) is 10.1. The van der Waals surface area contributed by atoms with Crippen LogP contribution in [0.15, 0.2) is 77.0 Å². The smallest absolute Gasteiger partial charge is 0.497 e. The van der Waals surface area contributed by atoms with Gasteiger partial charge < -0.3 is 92.5 Å². The van der Waals surface area contributed by atoms with E-state index >= 15 is 0 Å². The number of aliphatic carboxylic acids is 1. The molecule has 1 aromatic heterocycles. The van der Waals surface area contributed by atoms with Crippen molar-refractivity contribution in [1.29, 1.82) is 0 Å². The minimum Gasteiger partial charge on any atom is -0.497 e. The van der Waals surface area contributed by atoms with Gasteiger partial charge in [0.1, 0.15) is 54.2 Å². The lowest BCUT2D eigenvalue weighted by atomic mass is 9.92. The van der Waals surface area contributed by atoms with Gasteiger partial charge in [-0.3, -0.25) is 9.59 Å². The van der Waals surface area contributed by atoms with E-state index in [1.54, 1.807) is 36.4 Å². The number of carboxylic acids is 1. The number of nitrogens with zero attached hydrogens (tertiary/aromatic N) is 6. The lowest BCUT2D eigenvalue weighted by Crippen LogP contribution is -2.60. The number of halogens is 1. The molecule has 0 saturated carbocycles. The van der Waals surface area contributed by atoms with Crippen LogP contribution in [0.4, 0.5) is 5.69 Å². The Hall–Kier alpha value is -7.09. The van der Waals surface area contributed by atoms with Gasteiger partial charge in [-0.25, -0.2) is 4.79 Å². The molecule has 8 rings (SSSR count). The van der Waals surface area contributed by atoms with Gasteiger partial charge in [0.15, 0.2) is 23.4 Å². The fraction of sp³-hybridized carbons (Fsp3) is 0.491. The number of aromatic nitrogens is 1. The molecular weight excluding hydrogens is 1160 g/mol. The first kappa shape index (κ1) is 63.9. The maximum absolute atomic E-state index is 14.8. The number of rotatable bonds is 23. The first-order chi connectivity index (χ1) is 40.1. The Kier molecular flexibility index (Phi) is 19.4. The topological polar surface area (TPSA) is 404 Å². The number of aromatic amines is 1. The number of methoxy groups -OCH3 is 1. The first-order valence-corrected chi connectivity index (χ1v) is 28.3. The van der Waals surface area contributed by atoms with E-state index < -0.39 is 124 Å². The van der Waals surface area contributed by atoms with E-state index in [0.717, 1.165) is 12.1 Å². The van der Waals surface area contributed by atoms with Gasteiger partial charge in [-0.2, -0.15) is 0 Å². The molecule has 0 spiro atoms. The molecule has 0 bridgehead atoms. The Morgan fingerprint density at radius 1 is 0.835 bits per heavy atom. The average Bonchev–Trinajstić information content (AvgIpc) is 1.78. The molecule has 4 heterocycles. The highest BCUT2D eigenvalue weighted by Crippen LogP contribution is 2.48. The molecule has 0 aliphatic carbocycles. The van der Waals surface area contributed by atoms with Crippen molar-refractivity contribution in [3.05, 3.63) is 99.6 Å². The zero-order valence-corrected chi connectivity index (χ0v) is 48.6. The van der Waals surface area contributed by atoms with Crippen molar-refractivity contribution in [2.45, 2.75) is 102 Å². The number of benzene rings is 4. The van der Waals surface area contributed by atoms with Crippen LogP contribution in [0.5, 0.6) is 23.0 Å². The van der Waals surface area contributed by atoms with Crippen LogP contribution in [0.3, 0.4) is 0 Å². The number of aliphatic hydroxyl groups is 7. The Balaban J connectivity index is 1.09. The van der Waals surface area contributed by atoms with Crippen LogP contribution < -0.4 is 22.7 Å². The summed E-state index contributed by atoms with van der Waals surface area (Å²) in [5.41, 5.74) is 9.53. The minimum absolute atomic E-state index is 0.00606. The predicted molar refractivity (Wildman–Crippen MR) is 302 cm³/mol. The molecule has 11 atom stereocenters. The largest absolute Gasteiger partial charge is 0.501 e. The van der Waals surface area contributed by atoms with Crippen molar-refractivity contribution in [2.24, 2.45) is 21.1 Å². The third-order valence-corrected chi connectivity index (χ3v) is 15.6. The van der Waals surface area contributed by atoms with E-state index in [-0.39, 0.29) is 72.5 Å². The van der Waals surface area contributed by atoms with Gasteiger partial charge in [0.25, 0.3) is 18.1 Å². The van der Waals surface area contributed by atoms with Crippen LogP contribution >= 0.6 is 11.6 Å². The number of oxime groups is 1. The number of nitrogens with one attached hydrogen (secondary N) is 1. The molecule has 5 aromatic rings. The monoisotopic (exact) mass is 1230 g/mol. The van der Waals surface area contributed by atoms with Crippen LogP contribution in [0.25, 0.3) is 32.1 Å². The maximum atomic E-state index is 14.8. The summed E-state index contributed by atoms with van der Waals surface area (Å²) in [6.45, 7) is 8.96. The first-order valence-electron chi connectivity index (χ1n) is 26.5. The summed E-state index contributed by atoms with van der Waals surface area (Å²) in [5, 5.41) is 90.6. The summed E-state index contributed by atoms with van der Waals surface area (Å²) >= 11 is 6.61. The van der Waals surface area contributed by atoms with E-state index in [2.05, 4.69) is 20.2 Å². The van der Waals surface area contributed by atoms with E-state index in [9.17, 15) is 63.7 Å². The molecule has 3 aliphatic rings. The second-order valence-electron chi connectivity index (χ2n) is 22.4. The van der Waals surface area contributed by atoms with Crippen molar-refractivity contribution in [3.8, 4) is 23.0 Å². The maximum Gasteiger partial charge on any atom is 0.501 e. The molecule has 460 valence electrons. The molecular formula is C55H66ClN7O21S. The van der Waals surface area contributed by atoms with Gasteiger partial charge in [-0.1, -0.05) is 44.0 Å². The molecule has 30 heteroatoms. The van der Waals surface area contributed by atoms with Crippen LogP contribution in [0.1, 0.15) is 72.5 Å². The highest BCUT2D eigenvalue weighted by molar-refractivity contribution is 7.82. The average molecular weight is 1230 g/mol. The normalized spacial score (nSPS) is 24.6. The van der Waals surface area contributed by atoms with Gasteiger partial charge in [0.2, 0.25) is 6.29 Å². The molecule has 85 heavy (non-hydrogen) atoms. The van der Waals surface area contributed by atoms with Crippen molar-refractivity contribution >= 4 is 72.9 Å². The highest BCUT2D eigenvalue weighted by Gasteiger charge is 2.49. The third-order valence-electron chi connectivity index (χ3n) is 14.5. The zero-order chi connectivity index (χ0) is 62.0. The van der Waals surface area contributed by atoms with Crippen molar-refractivity contribution in [3.63, 3.8) is 0 Å². The molecule has 9 N–H and O–H groups in total. The summed E-state index contributed by atoms with van der Waals surface area (Å²) in [7, 11) is -2.40. The number of anilines is 1.